The van der Waals surface area contributed by atoms with Crippen molar-refractivity contribution in [1.29, 1.82) is 0 Å². The Bertz CT molecular complexity index is 336. The van der Waals surface area contributed by atoms with E-state index in [0.29, 0.717) is 15.8 Å². The summed E-state index contributed by atoms with van der Waals surface area (Å²) in [5, 5.41) is 10.1. The maximum Gasteiger partial charge on any atom is 0.138 e. The molecule has 0 amide bonds. The second kappa shape index (κ2) is 5.59. The molecular formula is C11H14Cl2O2. The summed E-state index contributed by atoms with van der Waals surface area (Å²) in [5.74, 6) is 0.583. The molecular weight excluding hydrogens is 235 g/mol. The first kappa shape index (κ1) is 12.6. The summed E-state index contributed by atoms with van der Waals surface area (Å²) in [6.45, 7) is 2.06. The van der Waals surface area contributed by atoms with Gasteiger partial charge in [0.05, 0.1) is 12.1 Å². The molecule has 84 valence electrons. The molecule has 0 spiro atoms. The Morgan fingerprint density at radius 2 is 2.00 bits per heavy atom. The number of methoxy groups -OCH3 is 1. The molecule has 2 nitrogen and oxygen atoms in total. The molecule has 15 heavy (non-hydrogen) atoms. The molecule has 0 aliphatic rings. The van der Waals surface area contributed by atoms with E-state index in [0.717, 1.165) is 12.0 Å². The van der Waals surface area contributed by atoms with Crippen LogP contribution in [0.15, 0.2) is 12.1 Å². The largest absolute Gasteiger partial charge is 0.495 e. The summed E-state index contributed by atoms with van der Waals surface area (Å²) in [5.41, 5.74) is 0.868. The van der Waals surface area contributed by atoms with Crippen LogP contribution in [0.1, 0.15) is 24.8 Å². The Morgan fingerprint density at radius 1 is 1.33 bits per heavy atom. The van der Waals surface area contributed by atoms with Crippen LogP contribution in [-0.4, -0.2) is 18.8 Å². The van der Waals surface area contributed by atoms with Crippen LogP contribution in [-0.2, 0) is 0 Å². The predicted octanol–water partition coefficient (Wildman–Crippen LogP) is 3.49. The smallest absolute Gasteiger partial charge is 0.138 e. The zero-order valence-electron chi connectivity index (χ0n) is 8.76. The normalized spacial score (nSPS) is 12.6. The number of hydrogen-bond donors (Lipinski definition) is 1. The Morgan fingerprint density at radius 3 is 2.47 bits per heavy atom. The Labute approximate surface area is 99.8 Å². The first-order valence-electron chi connectivity index (χ1n) is 4.78. The van der Waals surface area contributed by atoms with E-state index < -0.39 is 0 Å². The van der Waals surface area contributed by atoms with Crippen molar-refractivity contribution in [3.05, 3.63) is 27.7 Å². The van der Waals surface area contributed by atoms with Gasteiger partial charge in [-0.2, -0.15) is 0 Å². The van der Waals surface area contributed by atoms with Crippen molar-refractivity contribution in [3.8, 4) is 5.75 Å². The lowest BCUT2D eigenvalue weighted by Gasteiger charge is -2.16. The average Bonchev–Trinajstić information content (AvgIpc) is 2.26. The van der Waals surface area contributed by atoms with E-state index >= 15 is 0 Å². The first-order valence-corrected chi connectivity index (χ1v) is 5.54. The van der Waals surface area contributed by atoms with Crippen molar-refractivity contribution in [3.63, 3.8) is 0 Å². The highest BCUT2D eigenvalue weighted by atomic mass is 35.5. The van der Waals surface area contributed by atoms with Gasteiger partial charge in [0, 0.05) is 12.5 Å². The van der Waals surface area contributed by atoms with Gasteiger partial charge in [0.15, 0.2) is 0 Å². The lowest BCUT2D eigenvalue weighted by molar-refractivity contribution is 0.262. The predicted molar refractivity (Wildman–Crippen MR) is 63.1 cm³/mol. The van der Waals surface area contributed by atoms with E-state index in [4.69, 9.17) is 27.9 Å². The van der Waals surface area contributed by atoms with Gasteiger partial charge >= 0.3 is 0 Å². The van der Waals surface area contributed by atoms with Crippen LogP contribution in [0.2, 0.25) is 10.0 Å². The Balaban J connectivity index is 3.16. The highest BCUT2D eigenvalue weighted by molar-refractivity contribution is 6.43. The van der Waals surface area contributed by atoms with Crippen molar-refractivity contribution in [2.45, 2.75) is 19.3 Å². The average molecular weight is 249 g/mol. The molecule has 1 rings (SSSR count). The first-order chi connectivity index (χ1) is 7.15. The Kier molecular flexibility index (Phi) is 4.71. The maximum absolute atomic E-state index is 9.19. The lowest BCUT2D eigenvalue weighted by Crippen LogP contribution is -2.03. The molecule has 0 saturated heterocycles. The fraction of sp³-hybridized carbons (Fsp3) is 0.455. The number of halogens is 2. The van der Waals surface area contributed by atoms with E-state index in [1.54, 1.807) is 13.2 Å². The summed E-state index contributed by atoms with van der Waals surface area (Å²) in [7, 11) is 1.54. The molecule has 1 unspecified atom stereocenters. The van der Waals surface area contributed by atoms with Gasteiger partial charge < -0.3 is 9.84 Å². The van der Waals surface area contributed by atoms with Crippen LogP contribution in [0, 0.1) is 0 Å². The maximum atomic E-state index is 9.19. The van der Waals surface area contributed by atoms with Crippen molar-refractivity contribution in [1.82, 2.24) is 0 Å². The summed E-state index contributed by atoms with van der Waals surface area (Å²) >= 11 is 12.1. The minimum Gasteiger partial charge on any atom is -0.495 e. The molecule has 0 radical (unpaired) electrons. The standard InChI is InChI=1S/C11H14Cl2O2/c1-3-7(6-14)8-4-5-9(15-2)11(13)10(8)12/h4-5,7,14H,3,6H2,1-2H3. The lowest BCUT2D eigenvalue weighted by atomic mass is 9.97. The van der Waals surface area contributed by atoms with E-state index in [9.17, 15) is 5.11 Å². The number of aliphatic hydroxyl groups excluding tert-OH is 1. The van der Waals surface area contributed by atoms with Crippen molar-refractivity contribution >= 4 is 23.2 Å². The molecule has 0 bridgehead atoms. The molecule has 1 atom stereocenters. The molecule has 0 heterocycles. The molecule has 0 aliphatic heterocycles. The minimum atomic E-state index is 0.0286. The van der Waals surface area contributed by atoms with Crippen molar-refractivity contribution in [2.75, 3.05) is 13.7 Å². The number of hydrogen-bond acceptors (Lipinski definition) is 2. The second-order valence-corrected chi connectivity index (χ2v) is 4.03. The van der Waals surface area contributed by atoms with Gasteiger partial charge in [-0.15, -0.1) is 0 Å². The van der Waals surface area contributed by atoms with Gasteiger partial charge in [-0.05, 0) is 18.1 Å². The summed E-state index contributed by atoms with van der Waals surface area (Å²) < 4.78 is 5.05. The van der Waals surface area contributed by atoms with E-state index in [2.05, 4.69) is 0 Å². The van der Waals surface area contributed by atoms with Crippen LogP contribution in [0.25, 0.3) is 0 Å². The Hall–Kier alpha value is -0.440. The number of benzene rings is 1. The third-order valence-corrected chi connectivity index (χ3v) is 3.33. The summed E-state index contributed by atoms with van der Waals surface area (Å²) in [6, 6.07) is 3.61. The van der Waals surface area contributed by atoms with E-state index in [-0.39, 0.29) is 12.5 Å². The number of aliphatic hydroxyl groups is 1. The third kappa shape index (κ3) is 2.57. The van der Waals surface area contributed by atoms with Crippen LogP contribution < -0.4 is 4.74 Å². The van der Waals surface area contributed by atoms with Gasteiger partial charge in [-0.3, -0.25) is 0 Å². The minimum absolute atomic E-state index is 0.0286. The zero-order chi connectivity index (χ0) is 11.4. The van der Waals surface area contributed by atoms with Gasteiger partial charge in [-0.25, -0.2) is 0 Å². The third-order valence-electron chi connectivity index (χ3n) is 2.45. The van der Waals surface area contributed by atoms with Crippen LogP contribution in [0.5, 0.6) is 5.75 Å². The highest BCUT2D eigenvalue weighted by Gasteiger charge is 2.16. The molecule has 1 aromatic rings. The van der Waals surface area contributed by atoms with Gasteiger partial charge in [0.1, 0.15) is 10.8 Å². The van der Waals surface area contributed by atoms with E-state index in [1.807, 2.05) is 13.0 Å². The molecule has 0 fully saturated rings. The molecule has 0 aromatic heterocycles. The van der Waals surface area contributed by atoms with Crippen molar-refractivity contribution in [2.24, 2.45) is 0 Å². The van der Waals surface area contributed by atoms with Crippen LogP contribution in [0.3, 0.4) is 0 Å². The molecule has 1 N–H and O–H groups in total. The zero-order valence-corrected chi connectivity index (χ0v) is 10.3. The molecule has 1 aromatic carbocycles. The topological polar surface area (TPSA) is 29.5 Å². The van der Waals surface area contributed by atoms with Crippen LogP contribution >= 0.6 is 23.2 Å². The SMILES string of the molecule is CCC(CO)c1ccc(OC)c(Cl)c1Cl. The fourth-order valence-corrected chi connectivity index (χ4v) is 2.03. The summed E-state index contributed by atoms with van der Waals surface area (Å²) in [6.07, 6.45) is 0.818. The molecule has 0 aliphatic carbocycles. The van der Waals surface area contributed by atoms with Gasteiger partial charge in [-0.1, -0.05) is 36.2 Å². The van der Waals surface area contributed by atoms with Crippen LogP contribution in [0.4, 0.5) is 0 Å². The van der Waals surface area contributed by atoms with Crippen molar-refractivity contribution < 1.29 is 9.84 Å². The molecule has 4 heteroatoms. The fourth-order valence-electron chi connectivity index (χ4n) is 1.47. The van der Waals surface area contributed by atoms with Gasteiger partial charge in [0.2, 0.25) is 0 Å². The monoisotopic (exact) mass is 248 g/mol. The van der Waals surface area contributed by atoms with E-state index in [1.165, 1.54) is 0 Å². The quantitative estimate of drug-likeness (QED) is 0.885. The highest BCUT2D eigenvalue weighted by Crippen LogP contribution is 2.38. The number of rotatable bonds is 4. The summed E-state index contributed by atoms with van der Waals surface area (Å²) in [4.78, 5) is 0. The molecule has 0 saturated carbocycles. The second-order valence-electron chi connectivity index (χ2n) is 3.27. The number of ether oxygens (including phenoxy) is 1. The van der Waals surface area contributed by atoms with Gasteiger partial charge in [0.25, 0.3) is 0 Å².